The Hall–Kier alpha value is -2.59. The van der Waals surface area contributed by atoms with E-state index in [1.807, 2.05) is 30.3 Å². The molecule has 1 spiro atoms. The van der Waals surface area contributed by atoms with E-state index in [4.69, 9.17) is 12.6 Å². The van der Waals surface area contributed by atoms with E-state index in [1.54, 1.807) is 4.90 Å². The van der Waals surface area contributed by atoms with E-state index in [1.165, 1.54) is 19.6 Å². The highest BCUT2D eigenvalue weighted by molar-refractivity contribution is 7.63. The third-order valence-electron chi connectivity index (χ3n) is 6.97. The standard InChI is InChI=1S/C19H18N4S.C6H15N/c20-11-15-17(24)23-16(14-7-3-1-4-8-14)19(12-21,13-22)18(15)9-5-2-6-10-18;1-4-7(5-2)6-3/h1,3-4,7-8,16,23-24H,2,5-6,9-10H2;4-6H2,1-3H3. The van der Waals surface area contributed by atoms with Crippen molar-refractivity contribution in [1.82, 2.24) is 5.32 Å². The molecule has 1 saturated carbocycles. The molecule has 5 nitrogen and oxygen atoms in total. The normalized spacial score (nSPS) is 21.1. The van der Waals surface area contributed by atoms with E-state index in [0.29, 0.717) is 23.4 Å². The molecule has 1 aliphatic heterocycles. The molecular formula is C25H33N5S. The zero-order valence-electron chi connectivity index (χ0n) is 18.9. The molecule has 1 unspecified atom stereocenters. The topological polar surface area (TPSA) is 87.8 Å². The van der Waals surface area contributed by atoms with Crippen LogP contribution in [0, 0.1) is 44.8 Å². The highest BCUT2D eigenvalue weighted by Gasteiger charge is 2.61. The fraction of sp³-hybridized carbons (Fsp3) is 0.560. The van der Waals surface area contributed by atoms with Gasteiger partial charge in [-0.15, -0.1) is 5.03 Å². The van der Waals surface area contributed by atoms with Gasteiger partial charge in [-0.2, -0.15) is 15.8 Å². The van der Waals surface area contributed by atoms with E-state index in [9.17, 15) is 15.8 Å². The van der Waals surface area contributed by atoms with Crippen molar-refractivity contribution in [3.63, 3.8) is 0 Å². The molecule has 0 amide bonds. The number of quaternary nitrogens is 1. The Labute approximate surface area is 192 Å². The van der Waals surface area contributed by atoms with Gasteiger partial charge in [0.1, 0.15) is 0 Å². The first kappa shape index (κ1) is 24.7. The second-order valence-corrected chi connectivity index (χ2v) is 8.70. The molecule has 31 heavy (non-hydrogen) atoms. The van der Waals surface area contributed by atoms with Crippen LogP contribution in [-0.4, -0.2) is 19.6 Å². The van der Waals surface area contributed by atoms with Gasteiger partial charge in [0.2, 0.25) is 0 Å². The Balaban J connectivity index is 0.000000423. The van der Waals surface area contributed by atoms with Gasteiger partial charge in [0.15, 0.2) is 5.41 Å². The summed E-state index contributed by atoms with van der Waals surface area (Å²) in [4.78, 5) is 1.68. The quantitative estimate of drug-likeness (QED) is 0.707. The summed E-state index contributed by atoms with van der Waals surface area (Å²) in [7, 11) is 0. The number of hydrogen-bond acceptors (Lipinski definition) is 5. The number of nitriles is 3. The van der Waals surface area contributed by atoms with Gasteiger partial charge >= 0.3 is 0 Å². The van der Waals surface area contributed by atoms with Crippen LogP contribution in [0.25, 0.3) is 0 Å². The van der Waals surface area contributed by atoms with Crippen molar-refractivity contribution in [3.05, 3.63) is 46.5 Å². The van der Waals surface area contributed by atoms with Crippen LogP contribution in [0.2, 0.25) is 0 Å². The third kappa shape index (κ3) is 4.54. The summed E-state index contributed by atoms with van der Waals surface area (Å²) < 4.78 is 0. The fourth-order valence-corrected chi connectivity index (χ4v) is 5.42. The molecule has 164 valence electrons. The van der Waals surface area contributed by atoms with Crippen LogP contribution < -0.4 is 10.2 Å². The Morgan fingerprint density at radius 2 is 1.52 bits per heavy atom. The molecule has 0 saturated heterocycles. The summed E-state index contributed by atoms with van der Waals surface area (Å²) in [5.74, 6) is 0. The first-order chi connectivity index (χ1) is 15.0. The van der Waals surface area contributed by atoms with Crippen LogP contribution in [0.1, 0.15) is 64.5 Å². The lowest BCUT2D eigenvalue weighted by molar-refractivity contribution is -0.894. The van der Waals surface area contributed by atoms with Crippen molar-refractivity contribution in [2.45, 2.75) is 58.9 Å². The van der Waals surface area contributed by atoms with Crippen molar-refractivity contribution < 1.29 is 4.90 Å². The van der Waals surface area contributed by atoms with Gasteiger partial charge in [-0.25, -0.2) is 0 Å². The van der Waals surface area contributed by atoms with Gasteiger partial charge in [0.25, 0.3) is 0 Å². The van der Waals surface area contributed by atoms with Crippen LogP contribution in [0.3, 0.4) is 0 Å². The van der Waals surface area contributed by atoms with E-state index < -0.39 is 16.9 Å². The van der Waals surface area contributed by atoms with Gasteiger partial charge in [0, 0.05) is 11.0 Å². The molecule has 3 rings (SSSR count). The molecule has 0 radical (unpaired) electrons. The average Bonchev–Trinajstić information content (AvgIpc) is 2.82. The summed E-state index contributed by atoms with van der Waals surface area (Å²) in [6, 6.07) is 15.8. The number of allylic oxidation sites excluding steroid dienone is 1. The SMILES string of the molecule is CC[NH+](CC)CC.N#CC1=C([S-])NC(c2ccccc2)C(C#N)(C#N)C12CCCCC2. The van der Waals surface area contributed by atoms with Gasteiger partial charge in [-0.1, -0.05) is 49.6 Å². The Kier molecular flexibility index (Phi) is 8.88. The second-order valence-electron chi connectivity index (χ2n) is 8.29. The minimum Gasteiger partial charge on any atom is -0.762 e. The van der Waals surface area contributed by atoms with Crippen LogP contribution >= 0.6 is 0 Å². The smallest absolute Gasteiger partial charge is 0.177 e. The van der Waals surface area contributed by atoms with Gasteiger partial charge < -0.3 is 22.8 Å². The predicted molar refractivity (Wildman–Crippen MR) is 124 cm³/mol. The largest absolute Gasteiger partial charge is 0.762 e. The number of rotatable bonds is 4. The fourth-order valence-electron chi connectivity index (χ4n) is 5.06. The van der Waals surface area contributed by atoms with E-state index in [2.05, 4.69) is 44.3 Å². The van der Waals surface area contributed by atoms with Crippen LogP contribution in [0.15, 0.2) is 40.9 Å². The maximum atomic E-state index is 10.1. The molecule has 1 heterocycles. The minimum atomic E-state index is -1.35. The lowest BCUT2D eigenvalue weighted by Crippen LogP contribution is -3.11. The molecule has 2 aliphatic rings. The Morgan fingerprint density at radius 3 is 1.94 bits per heavy atom. The summed E-state index contributed by atoms with van der Waals surface area (Å²) in [5, 5.41) is 33.5. The van der Waals surface area contributed by atoms with Crippen LogP contribution in [0.5, 0.6) is 0 Å². The van der Waals surface area contributed by atoms with Crippen molar-refractivity contribution in [1.29, 1.82) is 15.8 Å². The molecule has 2 N–H and O–H groups in total. The van der Waals surface area contributed by atoms with Gasteiger partial charge in [-0.3, -0.25) is 0 Å². The summed E-state index contributed by atoms with van der Waals surface area (Å²) in [6.07, 6.45) is 4.18. The second kappa shape index (κ2) is 11.1. The monoisotopic (exact) mass is 435 g/mol. The molecular weight excluding hydrogens is 402 g/mol. The van der Waals surface area contributed by atoms with Crippen molar-refractivity contribution >= 4 is 12.6 Å². The maximum Gasteiger partial charge on any atom is 0.177 e. The van der Waals surface area contributed by atoms with Crippen molar-refractivity contribution in [2.24, 2.45) is 10.8 Å². The number of nitrogens with one attached hydrogen (secondary N) is 2. The Bertz CT molecular complexity index is 858. The van der Waals surface area contributed by atoms with E-state index in [0.717, 1.165) is 24.8 Å². The minimum absolute atomic E-state index is 0.384. The number of nitrogens with zero attached hydrogens (tertiary/aromatic N) is 3. The molecule has 0 bridgehead atoms. The highest BCUT2D eigenvalue weighted by atomic mass is 32.1. The lowest BCUT2D eigenvalue weighted by atomic mass is 9.50. The molecule has 1 aliphatic carbocycles. The molecule has 1 aromatic rings. The number of benzene rings is 1. The first-order valence-electron chi connectivity index (χ1n) is 11.3. The summed E-state index contributed by atoms with van der Waals surface area (Å²) in [6.45, 7) is 10.5. The maximum absolute atomic E-state index is 10.1. The molecule has 0 aromatic heterocycles. The zero-order valence-corrected chi connectivity index (χ0v) is 19.7. The zero-order chi connectivity index (χ0) is 22.9. The van der Waals surface area contributed by atoms with Gasteiger partial charge in [0.05, 0.1) is 43.9 Å². The molecule has 1 fully saturated rings. The predicted octanol–water partition coefficient (Wildman–Crippen LogP) is 3.53. The summed E-state index contributed by atoms with van der Waals surface area (Å²) >= 11 is 5.47. The lowest BCUT2D eigenvalue weighted by Gasteiger charge is -2.54. The highest BCUT2D eigenvalue weighted by Crippen LogP contribution is 2.61. The van der Waals surface area contributed by atoms with Crippen molar-refractivity contribution in [3.8, 4) is 18.2 Å². The Morgan fingerprint density at radius 1 is 0.968 bits per heavy atom. The summed E-state index contributed by atoms with van der Waals surface area (Å²) in [5.41, 5.74) is -0.869. The molecule has 1 atom stereocenters. The molecule has 1 aromatic carbocycles. The van der Waals surface area contributed by atoms with E-state index in [-0.39, 0.29) is 0 Å². The average molecular weight is 436 g/mol. The third-order valence-corrected chi connectivity index (χ3v) is 7.30. The number of hydrogen-bond donors (Lipinski definition) is 2. The van der Waals surface area contributed by atoms with Crippen molar-refractivity contribution in [2.75, 3.05) is 19.6 Å². The van der Waals surface area contributed by atoms with Crippen LogP contribution in [-0.2, 0) is 12.6 Å². The van der Waals surface area contributed by atoms with E-state index >= 15 is 0 Å². The molecule has 6 heteroatoms. The van der Waals surface area contributed by atoms with Gasteiger partial charge in [-0.05, 0) is 39.2 Å². The first-order valence-corrected chi connectivity index (χ1v) is 11.7. The van der Waals surface area contributed by atoms with Crippen LogP contribution in [0.4, 0.5) is 0 Å².